The number of nitrogens with zero attached hydrogens (tertiary/aromatic N) is 2. The van der Waals surface area contributed by atoms with Crippen molar-refractivity contribution in [2.75, 3.05) is 0 Å². The summed E-state index contributed by atoms with van der Waals surface area (Å²) in [5, 5.41) is 35.1. The van der Waals surface area contributed by atoms with E-state index in [0.29, 0.717) is 33.4 Å². The molecule has 4 rings (SSSR count). The molecule has 3 N–H and O–H groups in total. The van der Waals surface area contributed by atoms with Gasteiger partial charge in [-0.3, -0.25) is 9.98 Å². The minimum Gasteiger partial charge on any atom is -0.507 e. The molecule has 0 bridgehead atoms. The second-order valence-electron chi connectivity index (χ2n) is 8.65. The van der Waals surface area contributed by atoms with E-state index in [4.69, 9.17) is 9.98 Å². The first kappa shape index (κ1) is 18.5. The molecule has 0 saturated heterocycles. The number of fused-ring (bicyclic) bond motifs is 4. The first-order valence-electron chi connectivity index (χ1n) is 9.80. The van der Waals surface area contributed by atoms with E-state index in [-0.39, 0.29) is 22.6 Å². The molecule has 5 nitrogen and oxygen atoms in total. The summed E-state index contributed by atoms with van der Waals surface area (Å²) in [6, 6.07) is 8.45. The molecule has 1 aliphatic heterocycles. The molecule has 0 amide bonds. The molecule has 0 aromatic heterocycles. The Morgan fingerprint density at radius 3 is 2.07 bits per heavy atom. The van der Waals surface area contributed by atoms with Gasteiger partial charge in [0, 0.05) is 10.8 Å². The van der Waals surface area contributed by atoms with Crippen molar-refractivity contribution in [2.45, 2.75) is 46.2 Å². The van der Waals surface area contributed by atoms with E-state index >= 15 is 0 Å². The summed E-state index contributed by atoms with van der Waals surface area (Å²) in [7, 11) is 0. The van der Waals surface area contributed by atoms with Crippen LogP contribution in [-0.2, 0) is 0 Å². The Morgan fingerprint density at radius 1 is 0.786 bits per heavy atom. The van der Waals surface area contributed by atoms with Crippen LogP contribution in [0.5, 0.6) is 17.2 Å². The monoisotopic (exact) mass is 378 g/mol. The van der Waals surface area contributed by atoms with Gasteiger partial charge in [0.05, 0.1) is 21.5 Å². The van der Waals surface area contributed by atoms with Gasteiger partial charge in [-0.15, -0.1) is 0 Å². The quantitative estimate of drug-likeness (QED) is 0.471. The van der Waals surface area contributed by atoms with Crippen molar-refractivity contribution in [3.05, 3.63) is 41.0 Å². The predicted octanol–water partition coefficient (Wildman–Crippen LogP) is 4.15. The number of rotatable bonds is 4. The van der Waals surface area contributed by atoms with E-state index in [1.807, 2.05) is 6.07 Å². The number of hydrogen-bond acceptors (Lipinski definition) is 5. The van der Waals surface area contributed by atoms with Crippen LogP contribution in [0.2, 0.25) is 0 Å². The topological polar surface area (TPSA) is 85.4 Å². The number of aromatic hydroxyl groups is 3. The van der Waals surface area contributed by atoms with Gasteiger partial charge in [-0.05, 0) is 42.9 Å². The third kappa shape index (κ3) is 2.77. The molecular weight excluding hydrogens is 352 g/mol. The summed E-state index contributed by atoms with van der Waals surface area (Å²) < 4.78 is 0. The predicted molar refractivity (Wildman–Crippen MR) is 110 cm³/mol. The SMILES string of the molecule is CC(C)CC1(CC(C)C)N=c2ccc3c(O)c4cccc(O)c4c(O)c3c2=N1. The van der Waals surface area contributed by atoms with Gasteiger partial charge in [-0.1, -0.05) is 39.8 Å². The average molecular weight is 378 g/mol. The lowest BCUT2D eigenvalue weighted by Crippen LogP contribution is -2.27. The molecule has 3 aromatic carbocycles. The molecule has 0 radical (unpaired) electrons. The highest BCUT2D eigenvalue weighted by atomic mass is 16.3. The Morgan fingerprint density at radius 2 is 1.43 bits per heavy atom. The van der Waals surface area contributed by atoms with Crippen LogP contribution in [0.15, 0.2) is 40.3 Å². The summed E-state index contributed by atoms with van der Waals surface area (Å²) in [6.45, 7) is 8.62. The Bertz CT molecular complexity index is 1200. The molecule has 0 spiro atoms. The minimum atomic E-state index is -0.561. The molecule has 1 heterocycles. The van der Waals surface area contributed by atoms with E-state index in [2.05, 4.69) is 27.7 Å². The van der Waals surface area contributed by atoms with E-state index in [9.17, 15) is 15.3 Å². The van der Waals surface area contributed by atoms with Crippen LogP contribution in [0, 0.1) is 11.8 Å². The van der Waals surface area contributed by atoms with Gasteiger partial charge in [0.15, 0.2) is 5.66 Å². The third-order valence-corrected chi connectivity index (χ3v) is 5.30. The van der Waals surface area contributed by atoms with Crippen LogP contribution in [0.25, 0.3) is 21.5 Å². The second kappa shape index (κ2) is 6.36. The fourth-order valence-electron chi connectivity index (χ4n) is 4.51. The van der Waals surface area contributed by atoms with Gasteiger partial charge in [-0.2, -0.15) is 0 Å². The molecule has 0 saturated carbocycles. The van der Waals surface area contributed by atoms with Crippen LogP contribution >= 0.6 is 0 Å². The number of benzene rings is 3. The molecule has 0 fully saturated rings. The highest BCUT2D eigenvalue weighted by Crippen LogP contribution is 2.43. The van der Waals surface area contributed by atoms with Crippen LogP contribution < -0.4 is 10.7 Å². The van der Waals surface area contributed by atoms with Crippen molar-refractivity contribution in [1.82, 2.24) is 0 Å². The van der Waals surface area contributed by atoms with Gasteiger partial charge in [0.2, 0.25) is 0 Å². The summed E-state index contributed by atoms with van der Waals surface area (Å²) in [5.74, 6) is 0.719. The summed E-state index contributed by atoms with van der Waals surface area (Å²) >= 11 is 0. The number of phenolic OH excluding ortho intramolecular Hbond substituents is 3. The Balaban J connectivity index is 2.12. The van der Waals surface area contributed by atoms with E-state index in [1.54, 1.807) is 18.2 Å². The van der Waals surface area contributed by atoms with Crippen molar-refractivity contribution >= 4 is 21.5 Å². The smallest absolute Gasteiger partial charge is 0.152 e. The maximum Gasteiger partial charge on any atom is 0.152 e. The highest BCUT2D eigenvalue weighted by molar-refractivity contribution is 6.12. The van der Waals surface area contributed by atoms with Crippen LogP contribution in [0.4, 0.5) is 0 Å². The zero-order chi connectivity index (χ0) is 20.2. The van der Waals surface area contributed by atoms with Gasteiger partial charge in [0.25, 0.3) is 0 Å². The van der Waals surface area contributed by atoms with Crippen LogP contribution in [0.1, 0.15) is 40.5 Å². The maximum absolute atomic E-state index is 11.0. The first-order valence-corrected chi connectivity index (χ1v) is 9.80. The Hall–Kier alpha value is -2.82. The van der Waals surface area contributed by atoms with Gasteiger partial charge >= 0.3 is 0 Å². The first-order chi connectivity index (χ1) is 13.2. The van der Waals surface area contributed by atoms with Gasteiger partial charge < -0.3 is 15.3 Å². The molecule has 3 aromatic rings. The lowest BCUT2D eigenvalue weighted by Gasteiger charge is -2.27. The number of hydrogen-bond donors (Lipinski definition) is 3. The lowest BCUT2D eigenvalue weighted by atomic mass is 9.90. The molecule has 146 valence electrons. The van der Waals surface area contributed by atoms with Crippen LogP contribution in [0.3, 0.4) is 0 Å². The van der Waals surface area contributed by atoms with E-state index < -0.39 is 5.66 Å². The molecule has 5 heteroatoms. The second-order valence-corrected chi connectivity index (χ2v) is 8.65. The zero-order valence-electron chi connectivity index (χ0n) is 16.7. The van der Waals surface area contributed by atoms with Crippen molar-refractivity contribution < 1.29 is 15.3 Å². The largest absolute Gasteiger partial charge is 0.507 e. The zero-order valence-corrected chi connectivity index (χ0v) is 16.7. The molecular formula is C23H26N2O3. The normalized spacial score (nSPS) is 15.2. The molecule has 0 unspecified atom stereocenters. The van der Waals surface area contributed by atoms with E-state index in [1.165, 1.54) is 6.07 Å². The van der Waals surface area contributed by atoms with Gasteiger partial charge in [0.1, 0.15) is 17.2 Å². The lowest BCUT2D eigenvalue weighted by molar-refractivity contribution is 0.296. The highest BCUT2D eigenvalue weighted by Gasteiger charge is 2.34. The molecule has 28 heavy (non-hydrogen) atoms. The van der Waals surface area contributed by atoms with Crippen molar-refractivity contribution in [3.8, 4) is 17.2 Å². The van der Waals surface area contributed by atoms with E-state index in [0.717, 1.165) is 18.2 Å². The van der Waals surface area contributed by atoms with Crippen molar-refractivity contribution in [1.29, 1.82) is 0 Å². The summed E-state index contributed by atoms with van der Waals surface area (Å²) in [4.78, 5) is 9.98. The summed E-state index contributed by atoms with van der Waals surface area (Å²) in [6.07, 6.45) is 1.62. The van der Waals surface area contributed by atoms with Crippen LogP contribution in [-0.4, -0.2) is 21.0 Å². The molecule has 0 atom stereocenters. The van der Waals surface area contributed by atoms with Crippen molar-refractivity contribution in [3.63, 3.8) is 0 Å². The summed E-state index contributed by atoms with van der Waals surface area (Å²) in [5.41, 5.74) is -0.561. The third-order valence-electron chi connectivity index (χ3n) is 5.30. The standard InChI is InChI=1S/C23H26N2O3/c1-12(2)10-23(11-13(3)4)24-16-9-8-15-19(20(16)25-23)22(28)18-14(21(15)27)6-5-7-17(18)26/h5-9,12-13,26-28H,10-11H2,1-4H3. The molecule has 1 aliphatic rings. The minimum absolute atomic E-state index is 0.0296. The Labute approximate surface area is 163 Å². The van der Waals surface area contributed by atoms with Crippen molar-refractivity contribution in [2.24, 2.45) is 21.8 Å². The maximum atomic E-state index is 11.0. The average Bonchev–Trinajstić information content (AvgIpc) is 2.94. The van der Waals surface area contributed by atoms with Gasteiger partial charge in [-0.25, -0.2) is 0 Å². The Kier molecular flexibility index (Phi) is 4.21. The number of phenols is 3. The fraction of sp³-hybridized carbons (Fsp3) is 0.391. The molecule has 0 aliphatic carbocycles. The fourth-order valence-corrected chi connectivity index (χ4v) is 4.51.